The van der Waals surface area contributed by atoms with Crippen molar-refractivity contribution in [3.8, 4) is 0 Å². The number of rotatable bonds is 2. The fourth-order valence-electron chi connectivity index (χ4n) is 1.24. The summed E-state index contributed by atoms with van der Waals surface area (Å²) in [6, 6.07) is 4.00. The van der Waals surface area contributed by atoms with Crippen LogP contribution >= 0.6 is 0 Å². The average Bonchev–Trinajstić information content (AvgIpc) is 2.52. The van der Waals surface area contributed by atoms with E-state index in [2.05, 4.69) is 4.98 Å². The lowest BCUT2D eigenvalue weighted by molar-refractivity contribution is 0.0687. The second-order valence-corrected chi connectivity index (χ2v) is 3.07. The maximum absolute atomic E-state index is 5.52. The summed E-state index contributed by atoms with van der Waals surface area (Å²) >= 11 is 0. The smallest absolute Gasteiger partial charge is 0.119 e. The molecule has 3 nitrogen and oxygen atoms in total. The van der Waals surface area contributed by atoms with Crippen LogP contribution in [0.25, 0.3) is 11.0 Å². The molecule has 0 amide bonds. The Kier molecular flexibility index (Phi) is 1.57. The van der Waals surface area contributed by atoms with Crippen LogP contribution in [-0.2, 0) is 0 Å². The first-order valence-corrected chi connectivity index (χ1v) is 4.09. The van der Waals surface area contributed by atoms with Crippen LogP contribution in [0.5, 0.6) is 0 Å². The van der Waals surface area contributed by atoms with E-state index in [1.165, 1.54) is 0 Å². The van der Waals surface area contributed by atoms with Crippen LogP contribution < -0.4 is 4.84 Å². The maximum atomic E-state index is 5.52. The van der Waals surface area contributed by atoms with Gasteiger partial charge in [0.05, 0.1) is 5.52 Å². The third kappa shape index (κ3) is 1.07. The van der Waals surface area contributed by atoms with Gasteiger partial charge in [-0.05, 0) is 26.0 Å². The van der Waals surface area contributed by atoms with Gasteiger partial charge in [0.1, 0.15) is 11.6 Å². The molecule has 0 saturated carbocycles. The first-order chi connectivity index (χ1) is 5.77. The molecule has 0 spiro atoms. The van der Waals surface area contributed by atoms with Crippen molar-refractivity contribution in [3.63, 3.8) is 0 Å². The number of hydrogen-bond donors (Lipinski definition) is 1. The van der Waals surface area contributed by atoms with E-state index in [1.54, 1.807) is 4.73 Å². The normalized spacial score (nSPS) is 11.2. The lowest BCUT2D eigenvalue weighted by Crippen LogP contribution is -2.17. The molecule has 0 aromatic carbocycles. The van der Waals surface area contributed by atoms with Crippen molar-refractivity contribution in [2.24, 2.45) is 0 Å². The van der Waals surface area contributed by atoms with Crippen molar-refractivity contribution < 1.29 is 4.84 Å². The first-order valence-electron chi connectivity index (χ1n) is 4.09. The molecular formula is C9H12N2O. The summed E-state index contributed by atoms with van der Waals surface area (Å²) in [5.41, 5.74) is 2.19. The van der Waals surface area contributed by atoms with Crippen molar-refractivity contribution in [1.82, 2.24) is 9.71 Å². The lowest BCUT2D eigenvalue weighted by atomic mass is 10.5. The number of aromatic nitrogens is 2. The van der Waals surface area contributed by atoms with Crippen molar-refractivity contribution in [2.45, 2.75) is 20.0 Å². The summed E-state index contributed by atoms with van der Waals surface area (Å²) in [7, 11) is 0. The molecule has 0 aliphatic carbocycles. The van der Waals surface area contributed by atoms with E-state index in [1.807, 2.05) is 38.4 Å². The fourth-order valence-corrected chi connectivity index (χ4v) is 1.24. The van der Waals surface area contributed by atoms with Gasteiger partial charge < -0.3 is 9.82 Å². The van der Waals surface area contributed by atoms with Gasteiger partial charge >= 0.3 is 0 Å². The highest BCUT2D eigenvalue weighted by molar-refractivity contribution is 5.75. The van der Waals surface area contributed by atoms with Gasteiger partial charge in [-0.1, -0.05) is 0 Å². The predicted molar refractivity (Wildman–Crippen MR) is 48.0 cm³/mol. The van der Waals surface area contributed by atoms with Gasteiger partial charge in [-0.15, -0.1) is 0 Å². The molecule has 0 saturated heterocycles. The van der Waals surface area contributed by atoms with Crippen LogP contribution in [0.1, 0.15) is 13.8 Å². The number of fused-ring (bicyclic) bond motifs is 1. The highest BCUT2D eigenvalue weighted by atomic mass is 16.7. The molecule has 0 aliphatic rings. The summed E-state index contributed by atoms with van der Waals surface area (Å²) < 4.78 is 1.79. The Bertz CT molecular complexity index is 372. The van der Waals surface area contributed by atoms with Crippen molar-refractivity contribution in [2.75, 3.05) is 0 Å². The molecular weight excluding hydrogens is 152 g/mol. The zero-order chi connectivity index (χ0) is 8.55. The topological polar surface area (TPSA) is 29.9 Å². The van der Waals surface area contributed by atoms with Crippen molar-refractivity contribution >= 4 is 11.0 Å². The van der Waals surface area contributed by atoms with E-state index < -0.39 is 0 Å². The Morgan fingerprint density at radius 3 is 3.00 bits per heavy atom. The van der Waals surface area contributed by atoms with Crippen LogP contribution in [0, 0.1) is 0 Å². The van der Waals surface area contributed by atoms with E-state index in [-0.39, 0.29) is 6.10 Å². The third-order valence-corrected chi connectivity index (χ3v) is 1.69. The highest BCUT2D eigenvalue weighted by Crippen LogP contribution is 2.12. The van der Waals surface area contributed by atoms with Gasteiger partial charge in [0, 0.05) is 12.4 Å². The second-order valence-electron chi connectivity index (χ2n) is 3.07. The van der Waals surface area contributed by atoms with Gasteiger partial charge in [0.25, 0.3) is 0 Å². The standard InChI is InChI=1S/C9H12N2O/c1-7(2)12-11-6-4-8-9(11)3-5-10-8/h3-7,10H,1-2H3. The monoisotopic (exact) mass is 164 g/mol. The molecule has 2 aromatic rings. The SMILES string of the molecule is CC(C)On1ccc2[nH]ccc21. The maximum Gasteiger partial charge on any atom is 0.119 e. The molecule has 0 aliphatic heterocycles. The van der Waals surface area contributed by atoms with Crippen molar-refractivity contribution in [3.05, 3.63) is 24.5 Å². The minimum Gasteiger partial charge on any atom is -0.411 e. The largest absolute Gasteiger partial charge is 0.411 e. The third-order valence-electron chi connectivity index (χ3n) is 1.69. The molecule has 3 heteroatoms. The molecule has 64 valence electrons. The molecule has 0 atom stereocenters. The minimum atomic E-state index is 0.204. The second kappa shape index (κ2) is 2.59. The zero-order valence-corrected chi connectivity index (χ0v) is 7.24. The summed E-state index contributed by atoms with van der Waals surface area (Å²) in [6.07, 6.45) is 4.03. The summed E-state index contributed by atoms with van der Waals surface area (Å²) in [4.78, 5) is 8.63. The molecule has 0 radical (unpaired) electrons. The molecule has 2 rings (SSSR count). The molecule has 12 heavy (non-hydrogen) atoms. The minimum absolute atomic E-state index is 0.204. The highest BCUT2D eigenvalue weighted by Gasteiger charge is 2.02. The van der Waals surface area contributed by atoms with Gasteiger partial charge in [0.2, 0.25) is 0 Å². The van der Waals surface area contributed by atoms with Crippen LogP contribution in [0.3, 0.4) is 0 Å². The number of aromatic amines is 1. The predicted octanol–water partition coefficient (Wildman–Crippen LogP) is 1.81. The van der Waals surface area contributed by atoms with E-state index in [0.717, 1.165) is 11.0 Å². The van der Waals surface area contributed by atoms with Gasteiger partial charge in [-0.3, -0.25) is 0 Å². The number of hydrogen-bond acceptors (Lipinski definition) is 1. The Hall–Kier alpha value is -1.38. The average molecular weight is 164 g/mol. The zero-order valence-electron chi connectivity index (χ0n) is 7.24. The Balaban J connectivity index is 2.40. The number of H-pyrrole nitrogens is 1. The number of nitrogens with zero attached hydrogens (tertiary/aromatic N) is 1. The van der Waals surface area contributed by atoms with Gasteiger partial charge in [0.15, 0.2) is 0 Å². The fraction of sp³-hybridized carbons (Fsp3) is 0.333. The molecule has 1 N–H and O–H groups in total. The van der Waals surface area contributed by atoms with Gasteiger partial charge in [-0.2, -0.15) is 4.73 Å². The first kappa shape index (κ1) is 7.28. The van der Waals surface area contributed by atoms with E-state index >= 15 is 0 Å². The van der Waals surface area contributed by atoms with Gasteiger partial charge in [-0.25, -0.2) is 0 Å². The van der Waals surface area contributed by atoms with Crippen molar-refractivity contribution in [1.29, 1.82) is 0 Å². The lowest BCUT2D eigenvalue weighted by Gasteiger charge is -2.09. The van der Waals surface area contributed by atoms with Crippen LogP contribution in [0.4, 0.5) is 0 Å². The van der Waals surface area contributed by atoms with E-state index in [0.29, 0.717) is 0 Å². The van der Waals surface area contributed by atoms with E-state index in [9.17, 15) is 0 Å². The molecule has 2 heterocycles. The summed E-state index contributed by atoms with van der Waals surface area (Å²) in [5.74, 6) is 0. The Morgan fingerprint density at radius 1 is 1.42 bits per heavy atom. The Morgan fingerprint density at radius 2 is 2.25 bits per heavy atom. The van der Waals surface area contributed by atoms with Crippen LogP contribution in [0.2, 0.25) is 0 Å². The van der Waals surface area contributed by atoms with Crippen LogP contribution in [0.15, 0.2) is 24.5 Å². The summed E-state index contributed by atoms with van der Waals surface area (Å²) in [6.45, 7) is 4.02. The Labute approximate surface area is 70.9 Å². The molecule has 0 fully saturated rings. The molecule has 2 aromatic heterocycles. The molecule has 0 unspecified atom stereocenters. The molecule has 0 bridgehead atoms. The summed E-state index contributed by atoms with van der Waals surface area (Å²) in [5, 5.41) is 0. The van der Waals surface area contributed by atoms with E-state index in [4.69, 9.17) is 4.84 Å². The quantitative estimate of drug-likeness (QED) is 0.720. The number of nitrogens with one attached hydrogen (secondary N) is 1. The van der Waals surface area contributed by atoms with Crippen LogP contribution in [-0.4, -0.2) is 15.8 Å².